The quantitative estimate of drug-likeness (QED) is 0.565. The van der Waals surface area contributed by atoms with Crippen LogP contribution in [0, 0.1) is 0 Å². The van der Waals surface area contributed by atoms with Crippen molar-refractivity contribution in [1.82, 2.24) is 0 Å². The second-order valence-electron chi connectivity index (χ2n) is 5.33. The van der Waals surface area contributed by atoms with E-state index in [4.69, 9.17) is 42.1 Å². The Labute approximate surface area is 159 Å². The van der Waals surface area contributed by atoms with Crippen LogP contribution in [0.15, 0.2) is 30.3 Å². The molecule has 0 atom stereocenters. The van der Waals surface area contributed by atoms with Crippen LogP contribution in [-0.4, -0.2) is 38.7 Å². The average molecular weight is 397 g/mol. The molecule has 0 unspecified atom stereocenters. The Morgan fingerprint density at radius 3 is 2.31 bits per heavy atom. The summed E-state index contributed by atoms with van der Waals surface area (Å²) < 4.78 is 20.9. The van der Waals surface area contributed by atoms with Gasteiger partial charge in [-0.1, -0.05) is 23.2 Å². The van der Waals surface area contributed by atoms with Gasteiger partial charge in [-0.25, -0.2) is 4.79 Å². The van der Waals surface area contributed by atoms with E-state index in [2.05, 4.69) is 0 Å². The van der Waals surface area contributed by atoms with Gasteiger partial charge in [0.05, 0.1) is 22.7 Å². The number of rotatable bonds is 5. The molecule has 1 aliphatic heterocycles. The van der Waals surface area contributed by atoms with Gasteiger partial charge in [-0.3, -0.25) is 4.79 Å². The summed E-state index contributed by atoms with van der Waals surface area (Å²) in [7, 11) is 1.41. The monoisotopic (exact) mass is 396 g/mol. The molecule has 6 nitrogen and oxygen atoms in total. The minimum Gasteiger partial charge on any atom is -0.494 e. The molecular formula is C18H14Cl2O6. The maximum absolute atomic E-state index is 12.3. The first-order chi connectivity index (χ1) is 12.5. The molecule has 2 aromatic rings. The molecule has 0 bridgehead atoms. The Hall–Kier alpha value is -2.44. The van der Waals surface area contributed by atoms with Crippen molar-refractivity contribution in [3.05, 3.63) is 51.5 Å². The predicted molar refractivity (Wildman–Crippen MR) is 95.1 cm³/mol. The van der Waals surface area contributed by atoms with Gasteiger partial charge in [0.15, 0.2) is 29.6 Å². The number of Topliss-reactive ketones (excluding diaryl/α,β-unsaturated/α-hetero) is 1. The molecule has 0 saturated carbocycles. The first-order valence-electron chi connectivity index (χ1n) is 7.62. The fourth-order valence-electron chi connectivity index (χ4n) is 2.39. The predicted octanol–water partition coefficient (Wildman–Crippen LogP) is 3.81. The van der Waals surface area contributed by atoms with Crippen molar-refractivity contribution in [3.63, 3.8) is 0 Å². The van der Waals surface area contributed by atoms with Gasteiger partial charge in [-0.15, -0.1) is 0 Å². The highest BCUT2D eigenvalue weighted by Crippen LogP contribution is 2.34. The van der Waals surface area contributed by atoms with Gasteiger partial charge in [-0.2, -0.15) is 0 Å². The zero-order valence-electron chi connectivity index (χ0n) is 13.7. The van der Waals surface area contributed by atoms with Crippen molar-refractivity contribution >= 4 is 35.0 Å². The van der Waals surface area contributed by atoms with Gasteiger partial charge in [0, 0.05) is 5.56 Å². The molecule has 1 heterocycles. The highest BCUT2D eigenvalue weighted by molar-refractivity contribution is 6.37. The lowest BCUT2D eigenvalue weighted by atomic mass is 10.1. The topological polar surface area (TPSA) is 71.1 Å². The molecular weight excluding hydrogens is 383 g/mol. The van der Waals surface area contributed by atoms with E-state index in [-0.39, 0.29) is 27.1 Å². The third kappa shape index (κ3) is 3.86. The molecule has 2 aromatic carbocycles. The van der Waals surface area contributed by atoms with E-state index in [0.717, 1.165) is 0 Å². The summed E-state index contributed by atoms with van der Waals surface area (Å²) in [6.45, 7) is 0.448. The van der Waals surface area contributed by atoms with Gasteiger partial charge in [0.25, 0.3) is 0 Å². The van der Waals surface area contributed by atoms with Crippen LogP contribution in [0.3, 0.4) is 0 Å². The lowest BCUT2D eigenvalue weighted by Crippen LogP contribution is -2.17. The van der Waals surface area contributed by atoms with Gasteiger partial charge in [0.1, 0.15) is 13.2 Å². The molecule has 0 saturated heterocycles. The molecule has 0 spiro atoms. The van der Waals surface area contributed by atoms with Crippen LogP contribution >= 0.6 is 23.2 Å². The summed E-state index contributed by atoms with van der Waals surface area (Å²) >= 11 is 12.0. The summed E-state index contributed by atoms with van der Waals surface area (Å²) in [5.41, 5.74) is 0.476. The lowest BCUT2D eigenvalue weighted by molar-refractivity contribution is 0.0474. The number of carbonyl (C=O) groups is 2. The largest absolute Gasteiger partial charge is 0.494 e. The number of hydrogen-bond acceptors (Lipinski definition) is 6. The maximum Gasteiger partial charge on any atom is 0.338 e. The van der Waals surface area contributed by atoms with Crippen molar-refractivity contribution in [2.75, 3.05) is 26.9 Å². The number of ketones is 1. The minimum absolute atomic E-state index is 0.121. The second kappa shape index (κ2) is 7.85. The normalized spacial score (nSPS) is 12.4. The molecule has 0 aliphatic carbocycles. The van der Waals surface area contributed by atoms with Crippen molar-refractivity contribution in [2.45, 2.75) is 0 Å². The first kappa shape index (κ1) is 18.4. The molecule has 136 valence electrons. The summed E-state index contributed by atoms with van der Waals surface area (Å²) in [5.74, 6) is 0.232. The van der Waals surface area contributed by atoms with Crippen molar-refractivity contribution in [3.8, 4) is 17.2 Å². The maximum atomic E-state index is 12.3. The Morgan fingerprint density at radius 1 is 1.00 bits per heavy atom. The number of hydrogen-bond donors (Lipinski definition) is 0. The Kier molecular flexibility index (Phi) is 5.54. The van der Waals surface area contributed by atoms with Crippen LogP contribution in [0.2, 0.25) is 10.0 Å². The zero-order valence-corrected chi connectivity index (χ0v) is 15.2. The molecule has 0 N–H and O–H groups in total. The number of fused-ring (bicyclic) bond motifs is 1. The first-order valence-corrected chi connectivity index (χ1v) is 8.38. The van der Waals surface area contributed by atoms with Crippen LogP contribution in [0.25, 0.3) is 0 Å². The van der Waals surface area contributed by atoms with E-state index in [0.29, 0.717) is 30.3 Å². The summed E-state index contributed by atoms with van der Waals surface area (Å²) in [6.07, 6.45) is 0. The number of halogens is 2. The SMILES string of the molecule is COc1c(Cl)cc(C(=O)OCC(=O)c2ccc3c(c2)OCCO3)cc1Cl. The Balaban J connectivity index is 1.67. The minimum atomic E-state index is -0.720. The molecule has 0 fully saturated rings. The van der Waals surface area contributed by atoms with E-state index in [1.807, 2.05) is 0 Å². The summed E-state index contributed by atoms with van der Waals surface area (Å²) in [4.78, 5) is 24.4. The number of carbonyl (C=O) groups excluding carboxylic acids is 2. The molecule has 3 rings (SSSR count). The molecule has 1 aliphatic rings. The van der Waals surface area contributed by atoms with Gasteiger partial charge in [0.2, 0.25) is 0 Å². The van der Waals surface area contributed by atoms with E-state index < -0.39 is 12.6 Å². The number of benzene rings is 2. The van der Waals surface area contributed by atoms with Crippen molar-refractivity contribution in [1.29, 1.82) is 0 Å². The van der Waals surface area contributed by atoms with Crippen molar-refractivity contribution in [2.24, 2.45) is 0 Å². The van der Waals surface area contributed by atoms with E-state index in [1.54, 1.807) is 18.2 Å². The van der Waals surface area contributed by atoms with Crippen LogP contribution in [-0.2, 0) is 4.74 Å². The Morgan fingerprint density at radius 2 is 1.65 bits per heavy atom. The number of ether oxygens (including phenoxy) is 4. The molecule has 0 amide bonds. The standard InChI is InChI=1S/C18H14Cl2O6/c1-23-17-12(19)6-11(7-13(17)20)18(22)26-9-14(21)10-2-3-15-16(8-10)25-5-4-24-15/h2-3,6-8H,4-5,9H2,1H3. The van der Waals surface area contributed by atoms with Crippen LogP contribution in [0.1, 0.15) is 20.7 Å². The van der Waals surface area contributed by atoms with Crippen molar-refractivity contribution < 1.29 is 28.5 Å². The van der Waals surface area contributed by atoms with E-state index >= 15 is 0 Å². The highest BCUT2D eigenvalue weighted by Gasteiger charge is 2.18. The van der Waals surface area contributed by atoms with Gasteiger partial charge >= 0.3 is 5.97 Å². The Bertz CT molecular complexity index is 842. The van der Waals surface area contributed by atoms with Gasteiger partial charge in [-0.05, 0) is 30.3 Å². The fourth-order valence-corrected chi connectivity index (χ4v) is 3.03. The lowest BCUT2D eigenvalue weighted by Gasteiger charge is -2.18. The zero-order chi connectivity index (χ0) is 18.7. The van der Waals surface area contributed by atoms with Crippen LogP contribution in [0.4, 0.5) is 0 Å². The third-order valence-electron chi connectivity index (χ3n) is 3.64. The number of methoxy groups -OCH3 is 1. The van der Waals surface area contributed by atoms with Crippen LogP contribution in [0.5, 0.6) is 17.2 Å². The van der Waals surface area contributed by atoms with Gasteiger partial charge < -0.3 is 18.9 Å². The third-order valence-corrected chi connectivity index (χ3v) is 4.20. The molecule has 0 aromatic heterocycles. The number of esters is 1. The molecule has 8 heteroatoms. The summed E-state index contributed by atoms with van der Waals surface area (Å²) in [5, 5.41) is 0.343. The average Bonchev–Trinajstić information content (AvgIpc) is 2.65. The van der Waals surface area contributed by atoms with E-state index in [9.17, 15) is 9.59 Å². The highest BCUT2D eigenvalue weighted by atomic mass is 35.5. The molecule has 0 radical (unpaired) electrons. The second-order valence-corrected chi connectivity index (χ2v) is 6.15. The smallest absolute Gasteiger partial charge is 0.338 e. The summed E-state index contributed by atoms with van der Waals surface area (Å²) in [6, 6.07) is 7.52. The van der Waals surface area contributed by atoms with E-state index in [1.165, 1.54) is 19.2 Å². The molecule has 26 heavy (non-hydrogen) atoms. The van der Waals surface area contributed by atoms with Crippen LogP contribution < -0.4 is 14.2 Å². The fraction of sp³-hybridized carbons (Fsp3) is 0.222.